The molecule has 0 amide bonds. The first kappa shape index (κ1) is 14.5. The van der Waals surface area contributed by atoms with Crippen LogP contribution >= 0.6 is 0 Å². The van der Waals surface area contributed by atoms with Crippen LogP contribution in [0.5, 0.6) is 0 Å². The van der Waals surface area contributed by atoms with Gasteiger partial charge in [0.15, 0.2) is 5.78 Å². The lowest BCUT2D eigenvalue weighted by Crippen LogP contribution is -2.05. The zero-order valence-electron chi connectivity index (χ0n) is 12.9. The zero-order chi connectivity index (χ0) is 14.9. The molecule has 1 heterocycles. The van der Waals surface area contributed by atoms with Crippen LogP contribution in [-0.4, -0.2) is 15.6 Å². The highest BCUT2D eigenvalue weighted by molar-refractivity contribution is 5.96. The summed E-state index contributed by atoms with van der Waals surface area (Å²) in [5, 5.41) is 4.48. The molecule has 106 valence electrons. The second-order valence-electron chi connectivity index (χ2n) is 5.66. The molecule has 0 aliphatic heterocycles. The van der Waals surface area contributed by atoms with Crippen molar-refractivity contribution in [2.45, 2.75) is 47.1 Å². The molecule has 0 atom stereocenters. The van der Waals surface area contributed by atoms with Gasteiger partial charge in [-0.25, -0.2) is 0 Å². The number of carbonyl (C=O) groups is 1. The van der Waals surface area contributed by atoms with Gasteiger partial charge in [-0.15, -0.1) is 0 Å². The van der Waals surface area contributed by atoms with Crippen molar-refractivity contribution < 1.29 is 4.79 Å². The summed E-state index contributed by atoms with van der Waals surface area (Å²) in [6, 6.07) is 8.60. The molecule has 1 aromatic carbocycles. The minimum Gasteiger partial charge on any atom is -0.294 e. The van der Waals surface area contributed by atoms with Gasteiger partial charge in [-0.2, -0.15) is 5.10 Å². The Balaban J connectivity index is 2.26. The fourth-order valence-corrected chi connectivity index (χ4v) is 2.54. The van der Waals surface area contributed by atoms with E-state index >= 15 is 0 Å². The largest absolute Gasteiger partial charge is 0.294 e. The number of Topliss-reactive ketones (excluding diaryl/α,β-unsaturated/α-hetero) is 1. The summed E-state index contributed by atoms with van der Waals surface area (Å²) in [6.07, 6.45) is 0. The molecule has 0 unspecified atom stereocenters. The van der Waals surface area contributed by atoms with Gasteiger partial charge in [0.1, 0.15) is 0 Å². The highest BCUT2D eigenvalue weighted by Crippen LogP contribution is 2.18. The smallest absolute Gasteiger partial charge is 0.163 e. The van der Waals surface area contributed by atoms with Crippen molar-refractivity contribution in [3.63, 3.8) is 0 Å². The maximum absolute atomic E-state index is 11.6. The number of carbonyl (C=O) groups excluding carboxylic acids is 1. The monoisotopic (exact) mass is 270 g/mol. The molecule has 0 radical (unpaired) electrons. The predicted molar refractivity (Wildman–Crippen MR) is 81.3 cm³/mol. The van der Waals surface area contributed by atoms with Crippen LogP contribution < -0.4 is 0 Å². The highest BCUT2D eigenvalue weighted by Gasteiger charge is 2.15. The highest BCUT2D eigenvalue weighted by atomic mass is 16.1. The van der Waals surface area contributed by atoms with E-state index in [1.54, 1.807) is 6.92 Å². The lowest BCUT2D eigenvalue weighted by Gasteiger charge is -2.08. The van der Waals surface area contributed by atoms with Gasteiger partial charge in [-0.3, -0.25) is 9.48 Å². The molecule has 0 spiro atoms. The van der Waals surface area contributed by atoms with Gasteiger partial charge in [0.2, 0.25) is 0 Å². The van der Waals surface area contributed by atoms with Gasteiger partial charge in [-0.05, 0) is 37.8 Å². The minimum absolute atomic E-state index is 0.0846. The molecule has 0 bridgehead atoms. The summed E-state index contributed by atoms with van der Waals surface area (Å²) in [5.41, 5.74) is 5.06. The van der Waals surface area contributed by atoms with Crippen LogP contribution in [-0.2, 0) is 6.54 Å². The van der Waals surface area contributed by atoms with Crippen LogP contribution in [0.15, 0.2) is 24.3 Å². The molecule has 0 saturated heterocycles. The summed E-state index contributed by atoms with van der Waals surface area (Å²) in [4.78, 5) is 11.6. The average molecular weight is 270 g/mol. The molecule has 1 aromatic heterocycles. The normalized spacial score (nSPS) is 11.1. The minimum atomic E-state index is 0.0846. The van der Waals surface area contributed by atoms with Crippen molar-refractivity contribution in [2.24, 2.45) is 0 Å². The number of hydrogen-bond acceptors (Lipinski definition) is 2. The van der Waals surface area contributed by atoms with Crippen molar-refractivity contribution in [1.82, 2.24) is 9.78 Å². The van der Waals surface area contributed by atoms with Crippen LogP contribution in [0.3, 0.4) is 0 Å². The second kappa shape index (κ2) is 5.61. The molecular formula is C17H22N2O. The first-order valence-electron chi connectivity index (χ1n) is 7.04. The van der Waals surface area contributed by atoms with E-state index in [1.165, 1.54) is 11.1 Å². The Bertz CT molecular complexity index is 621. The van der Waals surface area contributed by atoms with Gasteiger partial charge < -0.3 is 0 Å². The van der Waals surface area contributed by atoms with Gasteiger partial charge in [0.05, 0.1) is 17.8 Å². The van der Waals surface area contributed by atoms with Crippen molar-refractivity contribution in [3.05, 3.63) is 52.3 Å². The fourth-order valence-electron chi connectivity index (χ4n) is 2.54. The quantitative estimate of drug-likeness (QED) is 0.790. The Labute approximate surface area is 120 Å². The summed E-state index contributed by atoms with van der Waals surface area (Å²) in [5.74, 6) is 0.628. The van der Waals surface area contributed by atoms with Crippen LogP contribution in [0.4, 0.5) is 0 Å². The molecule has 0 aliphatic carbocycles. The number of nitrogens with zero attached hydrogens (tertiary/aromatic N) is 2. The third-order valence-corrected chi connectivity index (χ3v) is 3.71. The third kappa shape index (κ3) is 2.82. The Morgan fingerprint density at radius 2 is 1.80 bits per heavy atom. The van der Waals surface area contributed by atoms with E-state index in [2.05, 4.69) is 43.2 Å². The maximum Gasteiger partial charge on any atom is 0.163 e. The van der Waals surface area contributed by atoms with Crippen molar-refractivity contribution in [3.8, 4) is 0 Å². The maximum atomic E-state index is 11.6. The van der Waals surface area contributed by atoms with E-state index in [-0.39, 0.29) is 5.78 Å². The van der Waals surface area contributed by atoms with Crippen molar-refractivity contribution in [2.75, 3.05) is 0 Å². The average Bonchev–Trinajstić information content (AvgIpc) is 2.65. The number of ketones is 1. The standard InChI is InChI=1S/C17H22N2O/c1-11(2)16-8-6-15(7-9-16)10-19-13(4)17(14(5)20)12(3)18-19/h6-9,11H,10H2,1-5H3. The molecule has 0 saturated carbocycles. The molecule has 3 heteroatoms. The van der Waals surface area contributed by atoms with E-state index in [0.29, 0.717) is 12.5 Å². The Hall–Kier alpha value is -1.90. The van der Waals surface area contributed by atoms with Crippen molar-refractivity contribution >= 4 is 5.78 Å². The van der Waals surface area contributed by atoms with E-state index in [0.717, 1.165) is 17.0 Å². The molecule has 0 fully saturated rings. The van der Waals surface area contributed by atoms with E-state index < -0.39 is 0 Å². The number of aromatic nitrogens is 2. The molecule has 0 N–H and O–H groups in total. The molecular weight excluding hydrogens is 248 g/mol. The number of benzene rings is 1. The summed E-state index contributed by atoms with van der Waals surface area (Å²) in [7, 11) is 0. The van der Waals surface area contributed by atoms with Gasteiger partial charge >= 0.3 is 0 Å². The lowest BCUT2D eigenvalue weighted by molar-refractivity contribution is 0.101. The Morgan fingerprint density at radius 3 is 2.25 bits per heavy atom. The number of rotatable bonds is 4. The Morgan fingerprint density at radius 1 is 1.20 bits per heavy atom. The first-order chi connectivity index (χ1) is 9.40. The van der Waals surface area contributed by atoms with E-state index in [4.69, 9.17) is 0 Å². The van der Waals surface area contributed by atoms with Crippen LogP contribution in [0, 0.1) is 13.8 Å². The Kier molecular flexibility index (Phi) is 4.07. The SMILES string of the molecule is CC(=O)c1c(C)nn(Cc2ccc(C(C)C)cc2)c1C. The summed E-state index contributed by atoms with van der Waals surface area (Å²) < 4.78 is 1.91. The fraction of sp³-hybridized carbons (Fsp3) is 0.412. The predicted octanol–water partition coefficient (Wildman–Crippen LogP) is 3.87. The van der Waals surface area contributed by atoms with Gasteiger partial charge in [-0.1, -0.05) is 38.1 Å². The summed E-state index contributed by atoms with van der Waals surface area (Å²) in [6.45, 7) is 10.5. The van der Waals surface area contributed by atoms with Gasteiger partial charge in [0.25, 0.3) is 0 Å². The molecule has 2 aromatic rings. The van der Waals surface area contributed by atoms with Gasteiger partial charge in [0, 0.05) is 5.69 Å². The van der Waals surface area contributed by atoms with Crippen LogP contribution in [0.25, 0.3) is 0 Å². The van der Waals surface area contributed by atoms with E-state index in [1.807, 2.05) is 18.5 Å². The molecule has 2 rings (SSSR count). The third-order valence-electron chi connectivity index (χ3n) is 3.71. The summed E-state index contributed by atoms with van der Waals surface area (Å²) >= 11 is 0. The van der Waals surface area contributed by atoms with Crippen LogP contribution in [0.1, 0.15) is 59.6 Å². The number of hydrogen-bond donors (Lipinski definition) is 0. The molecule has 3 nitrogen and oxygen atoms in total. The topological polar surface area (TPSA) is 34.9 Å². The van der Waals surface area contributed by atoms with Crippen molar-refractivity contribution in [1.29, 1.82) is 0 Å². The lowest BCUT2D eigenvalue weighted by atomic mass is 10.0. The first-order valence-corrected chi connectivity index (χ1v) is 7.04. The van der Waals surface area contributed by atoms with Crippen LogP contribution in [0.2, 0.25) is 0 Å². The van der Waals surface area contributed by atoms with E-state index in [9.17, 15) is 4.79 Å². The zero-order valence-corrected chi connectivity index (χ0v) is 12.9. The molecule has 0 aliphatic rings. The number of aryl methyl sites for hydroxylation is 1. The molecule has 20 heavy (non-hydrogen) atoms. The second-order valence-corrected chi connectivity index (χ2v) is 5.66.